The van der Waals surface area contributed by atoms with Crippen LogP contribution in [-0.4, -0.2) is 22.0 Å². The molecule has 1 aromatic rings. The minimum absolute atomic E-state index is 0.244. The standard InChI is InChI=1S/C11H18N2O2/c1-8(2)13-10(9(15-3)7-12-13)11(14)5-4-6-11/h7-8,14H,4-6H2,1-3H3. The summed E-state index contributed by atoms with van der Waals surface area (Å²) in [6, 6.07) is 0.244. The van der Waals surface area contributed by atoms with Crippen molar-refractivity contribution in [2.24, 2.45) is 0 Å². The molecule has 1 aliphatic carbocycles. The van der Waals surface area contributed by atoms with Crippen LogP contribution in [0.1, 0.15) is 44.8 Å². The van der Waals surface area contributed by atoms with E-state index in [1.54, 1.807) is 13.3 Å². The van der Waals surface area contributed by atoms with Gasteiger partial charge in [-0.05, 0) is 33.1 Å². The average molecular weight is 210 g/mol. The zero-order valence-corrected chi connectivity index (χ0v) is 9.53. The lowest BCUT2D eigenvalue weighted by atomic mass is 9.77. The van der Waals surface area contributed by atoms with Crippen LogP contribution in [0.25, 0.3) is 0 Å². The Labute approximate surface area is 89.9 Å². The molecule has 2 rings (SSSR count). The molecule has 1 aromatic heterocycles. The molecule has 0 spiro atoms. The second kappa shape index (κ2) is 3.52. The van der Waals surface area contributed by atoms with Gasteiger partial charge < -0.3 is 9.84 Å². The van der Waals surface area contributed by atoms with E-state index in [1.807, 2.05) is 4.68 Å². The molecule has 0 saturated heterocycles. The van der Waals surface area contributed by atoms with Gasteiger partial charge >= 0.3 is 0 Å². The number of aromatic nitrogens is 2. The van der Waals surface area contributed by atoms with Crippen LogP contribution in [0.15, 0.2) is 6.20 Å². The molecule has 0 unspecified atom stereocenters. The number of hydrogen-bond donors (Lipinski definition) is 1. The molecule has 15 heavy (non-hydrogen) atoms. The topological polar surface area (TPSA) is 47.3 Å². The summed E-state index contributed by atoms with van der Waals surface area (Å²) in [6.45, 7) is 4.11. The Kier molecular flexibility index (Phi) is 2.46. The first-order valence-electron chi connectivity index (χ1n) is 5.43. The van der Waals surface area contributed by atoms with Crippen molar-refractivity contribution in [3.8, 4) is 5.75 Å². The molecule has 84 valence electrons. The van der Waals surface area contributed by atoms with E-state index < -0.39 is 5.60 Å². The van der Waals surface area contributed by atoms with Gasteiger partial charge in [0.25, 0.3) is 0 Å². The predicted molar refractivity (Wildman–Crippen MR) is 56.9 cm³/mol. The molecule has 4 nitrogen and oxygen atoms in total. The Morgan fingerprint density at radius 1 is 1.53 bits per heavy atom. The lowest BCUT2D eigenvalue weighted by Crippen LogP contribution is -2.36. The normalized spacial score (nSPS) is 19.0. The predicted octanol–water partition coefficient (Wildman–Crippen LogP) is 1.84. The van der Waals surface area contributed by atoms with Gasteiger partial charge in [0, 0.05) is 6.04 Å². The van der Waals surface area contributed by atoms with E-state index in [2.05, 4.69) is 18.9 Å². The molecule has 0 atom stereocenters. The van der Waals surface area contributed by atoms with E-state index in [-0.39, 0.29) is 6.04 Å². The van der Waals surface area contributed by atoms with E-state index in [0.29, 0.717) is 5.75 Å². The Morgan fingerprint density at radius 2 is 2.20 bits per heavy atom. The summed E-state index contributed by atoms with van der Waals surface area (Å²) in [6.07, 6.45) is 4.37. The third-order valence-electron chi connectivity index (χ3n) is 3.09. The van der Waals surface area contributed by atoms with Gasteiger partial charge in [0.1, 0.15) is 11.3 Å². The Morgan fingerprint density at radius 3 is 2.60 bits per heavy atom. The number of hydrogen-bond acceptors (Lipinski definition) is 3. The summed E-state index contributed by atoms with van der Waals surface area (Å²) in [4.78, 5) is 0. The first kappa shape index (κ1) is 10.5. The minimum Gasteiger partial charge on any atom is -0.493 e. The van der Waals surface area contributed by atoms with Crippen LogP contribution < -0.4 is 4.74 Å². The SMILES string of the molecule is COc1cnn(C(C)C)c1C1(O)CCC1. The van der Waals surface area contributed by atoms with Gasteiger partial charge in [0.05, 0.1) is 13.3 Å². The number of methoxy groups -OCH3 is 1. The summed E-state index contributed by atoms with van der Waals surface area (Å²) < 4.78 is 7.11. The van der Waals surface area contributed by atoms with Gasteiger partial charge in [-0.25, -0.2) is 0 Å². The molecule has 0 bridgehead atoms. The molecule has 4 heteroatoms. The fourth-order valence-corrected chi connectivity index (χ4v) is 2.08. The first-order chi connectivity index (χ1) is 7.08. The molecular weight excluding hydrogens is 192 g/mol. The van der Waals surface area contributed by atoms with Gasteiger partial charge in [-0.1, -0.05) is 0 Å². The molecule has 0 aromatic carbocycles. The van der Waals surface area contributed by atoms with Crippen molar-refractivity contribution in [2.75, 3.05) is 7.11 Å². The van der Waals surface area contributed by atoms with Crippen LogP contribution in [-0.2, 0) is 5.60 Å². The van der Waals surface area contributed by atoms with Crippen LogP contribution in [0.5, 0.6) is 5.75 Å². The molecular formula is C11H18N2O2. The van der Waals surface area contributed by atoms with Gasteiger partial charge in [-0.2, -0.15) is 5.10 Å². The summed E-state index contributed by atoms with van der Waals surface area (Å²) in [5, 5.41) is 14.6. The molecule has 1 fully saturated rings. The number of ether oxygens (including phenoxy) is 1. The van der Waals surface area contributed by atoms with Crippen molar-refractivity contribution in [3.63, 3.8) is 0 Å². The second-order valence-corrected chi connectivity index (χ2v) is 4.49. The van der Waals surface area contributed by atoms with E-state index in [4.69, 9.17) is 4.74 Å². The molecule has 0 amide bonds. The highest BCUT2D eigenvalue weighted by atomic mass is 16.5. The lowest BCUT2D eigenvalue weighted by molar-refractivity contribution is -0.0488. The Balaban J connectivity index is 2.45. The highest BCUT2D eigenvalue weighted by Crippen LogP contribution is 2.45. The van der Waals surface area contributed by atoms with E-state index in [0.717, 1.165) is 25.0 Å². The zero-order valence-electron chi connectivity index (χ0n) is 9.53. The first-order valence-corrected chi connectivity index (χ1v) is 5.43. The van der Waals surface area contributed by atoms with Crippen molar-refractivity contribution in [3.05, 3.63) is 11.9 Å². The summed E-state index contributed by atoms with van der Waals surface area (Å²) in [7, 11) is 1.62. The highest BCUT2D eigenvalue weighted by Gasteiger charge is 2.42. The number of rotatable bonds is 3. The van der Waals surface area contributed by atoms with E-state index >= 15 is 0 Å². The van der Waals surface area contributed by atoms with Gasteiger partial charge in [-0.3, -0.25) is 4.68 Å². The smallest absolute Gasteiger partial charge is 0.162 e. The third-order valence-corrected chi connectivity index (χ3v) is 3.09. The van der Waals surface area contributed by atoms with E-state index in [1.165, 1.54) is 0 Å². The van der Waals surface area contributed by atoms with Crippen molar-refractivity contribution < 1.29 is 9.84 Å². The quantitative estimate of drug-likeness (QED) is 0.828. The Bertz CT molecular complexity index is 353. The molecule has 1 aliphatic rings. The molecule has 0 radical (unpaired) electrons. The highest BCUT2D eigenvalue weighted by molar-refractivity contribution is 5.32. The van der Waals surface area contributed by atoms with Crippen molar-refractivity contribution >= 4 is 0 Å². The summed E-state index contributed by atoms with van der Waals surface area (Å²) >= 11 is 0. The summed E-state index contributed by atoms with van der Waals surface area (Å²) in [5.41, 5.74) is 0.123. The van der Waals surface area contributed by atoms with Crippen LogP contribution in [0.4, 0.5) is 0 Å². The monoisotopic (exact) mass is 210 g/mol. The largest absolute Gasteiger partial charge is 0.493 e. The fourth-order valence-electron chi connectivity index (χ4n) is 2.08. The van der Waals surface area contributed by atoms with Gasteiger partial charge in [-0.15, -0.1) is 0 Å². The van der Waals surface area contributed by atoms with Gasteiger partial charge in [0.15, 0.2) is 5.75 Å². The van der Waals surface area contributed by atoms with Crippen LogP contribution in [0.2, 0.25) is 0 Å². The third kappa shape index (κ3) is 1.53. The number of nitrogens with zero attached hydrogens (tertiary/aromatic N) is 2. The molecule has 0 aliphatic heterocycles. The van der Waals surface area contributed by atoms with Crippen LogP contribution in [0, 0.1) is 0 Å². The molecule has 1 N–H and O–H groups in total. The maximum Gasteiger partial charge on any atom is 0.162 e. The fraction of sp³-hybridized carbons (Fsp3) is 0.727. The van der Waals surface area contributed by atoms with Crippen LogP contribution in [0.3, 0.4) is 0 Å². The maximum atomic E-state index is 10.4. The van der Waals surface area contributed by atoms with Crippen LogP contribution >= 0.6 is 0 Å². The van der Waals surface area contributed by atoms with Crippen molar-refractivity contribution in [1.29, 1.82) is 0 Å². The van der Waals surface area contributed by atoms with E-state index in [9.17, 15) is 5.11 Å². The van der Waals surface area contributed by atoms with Crippen molar-refractivity contribution in [1.82, 2.24) is 9.78 Å². The van der Waals surface area contributed by atoms with Crippen molar-refractivity contribution in [2.45, 2.75) is 44.8 Å². The number of aliphatic hydroxyl groups is 1. The summed E-state index contributed by atoms with van der Waals surface area (Å²) in [5.74, 6) is 0.700. The minimum atomic E-state index is -0.716. The Hall–Kier alpha value is -1.03. The second-order valence-electron chi connectivity index (χ2n) is 4.49. The average Bonchev–Trinajstić information content (AvgIpc) is 2.57. The maximum absolute atomic E-state index is 10.4. The zero-order chi connectivity index (χ0) is 11.1. The molecule has 1 heterocycles. The lowest BCUT2D eigenvalue weighted by Gasteiger charge is -2.37. The van der Waals surface area contributed by atoms with Gasteiger partial charge in [0.2, 0.25) is 0 Å². The molecule has 1 saturated carbocycles.